The molecule has 2 aliphatic rings. The summed E-state index contributed by atoms with van der Waals surface area (Å²) >= 11 is 0. The van der Waals surface area contributed by atoms with Gasteiger partial charge in [0.25, 0.3) is 0 Å². The lowest BCUT2D eigenvalue weighted by atomic mass is 9.92. The molecular formula is C17H19N3. The smallest absolute Gasteiger partial charge is 0.0759 e. The number of rotatable bonds is 3. The minimum absolute atomic E-state index is 0.324. The van der Waals surface area contributed by atoms with Crippen LogP contribution in [0.3, 0.4) is 0 Å². The highest BCUT2D eigenvalue weighted by Gasteiger charge is 2.56. The van der Waals surface area contributed by atoms with Crippen LogP contribution in [0.5, 0.6) is 0 Å². The van der Waals surface area contributed by atoms with Gasteiger partial charge in [0.15, 0.2) is 0 Å². The second-order valence-corrected chi connectivity index (χ2v) is 5.90. The fourth-order valence-electron chi connectivity index (χ4n) is 4.08. The first-order valence-corrected chi connectivity index (χ1v) is 7.41. The van der Waals surface area contributed by atoms with E-state index in [0.717, 1.165) is 11.6 Å². The molecule has 2 aromatic rings. The van der Waals surface area contributed by atoms with E-state index < -0.39 is 0 Å². The molecular weight excluding hydrogens is 246 g/mol. The van der Waals surface area contributed by atoms with E-state index in [-0.39, 0.29) is 0 Å². The lowest BCUT2D eigenvalue weighted by Gasteiger charge is -2.15. The summed E-state index contributed by atoms with van der Waals surface area (Å²) in [4.78, 5) is 8.72. The van der Waals surface area contributed by atoms with Crippen LogP contribution in [0.15, 0.2) is 42.9 Å². The Morgan fingerprint density at radius 2 is 2.15 bits per heavy atom. The molecule has 1 aromatic heterocycles. The van der Waals surface area contributed by atoms with Crippen LogP contribution < -0.4 is 5.32 Å². The van der Waals surface area contributed by atoms with Crippen LogP contribution in [0, 0.1) is 11.8 Å². The van der Waals surface area contributed by atoms with E-state index >= 15 is 0 Å². The Morgan fingerprint density at radius 3 is 2.95 bits per heavy atom. The van der Waals surface area contributed by atoms with Crippen LogP contribution in [0.25, 0.3) is 0 Å². The number of aryl methyl sites for hydroxylation is 1. The summed E-state index contributed by atoms with van der Waals surface area (Å²) in [5.74, 6) is 2.18. The molecule has 20 heavy (non-hydrogen) atoms. The van der Waals surface area contributed by atoms with Crippen molar-refractivity contribution >= 4 is 0 Å². The molecule has 0 radical (unpaired) electrons. The third-order valence-corrected chi connectivity index (χ3v) is 4.99. The van der Waals surface area contributed by atoms with Gasteiger partial charge in [-0.1, -0.05) is 24.3 Å². The van der Waals surface area contributed by atoms with Crippen LogP contribution in [0.2, 0.25) is 0 Å². The lowest BCUT2D eigenvalue weighted by Crippen LogP contribution is -2.21. The summed E-state index contributed by atoms with van der Waals surface area (Å²) in [6, 6.07) is 9.26. The molecule has 102 valence electrons. The van der Waals surface area contributed by atoms with Gasteiger partial charge in [-0.15, -0.1) is 0 Å². The highest BCUT2D eigenvalue weighted by Crippen LogP contribution is 2.63. The van der Waals surface area contributed by atoms with Gasteiger partial charge in [-0.3, -0.25) is 9.97 Å². The highest BCUT2D eigenvalue weighted by molar-refractivity contribution is 5.40. The summed E-state index contributed by atoms with van der Waals surface area (Å²) in [7, 11) is 2.04. The van der Waals surface area contributed by atoms with Crippen molar-refractivity contribution in [1.29, 1.82) is 0 Å². The second kappa shape index (κ2) is 4.67. The summed E-state index contributed by atoms with van der Waals surface area (Å²) in [5.41, 5.74) is 4.19. The molecule has 0 spiro atoms. The first-order chi connectivity index (χ1) is 9.90. The van der Waals surface area contributed by atoms with Crippen LogP contribution in [0.4, 0.5) is 0 Å². The van der Waals surface area contributed by atoms with E-state index in [9.17, 15) is 0 Å². The second-order valence-electron chi connectivity index (χ2n) is 5.90. The molecule has 0 saturated heterocycles. The Bertz CT molecular complexity index is 611. The first kappa shape index (κ1) is 12.0. The van der Waals surface area contributed by atoms with Gasteiger partial charge in [0.2, 0.25) is 0 Å². The molecule has 0 amide bonds. The fraction of sp³-hybridized carbons (Fsp3) is 0.412. The predicted octanol–water partition coefficient (Wildman–Crippen LogP) is 2.71. The molecule has 1 heterocycles. The zero-order chi connectivity index (χ0) is 13.5. The molecule has 2 aliphatic carbocycles. The average Bonchev–Trinajstić information content (AvgIpc) is 3.24. The normalized spacial score (nSPS) is 28.4. The molecule has 1 aromatic carbocycles. The van der Waals surface area contributed by atoms with Crippen LogP contribution in [-0.2, 0) is 6.42 Å². The summed E-state index contributed by atoms with van der Waals surface area (Å²) in [6.07, 6.45) is 7.97. The Kier molecular flexibility index (Phi) is 2.81. The van der Waals surface area contributed by atoms with E-state index in [0.29, 0.717) is 17.9 Å². The van der Waals surface area contributed by atoms with Crippen LogP contribution in [-0.4, -0.2) is 17.0 Å². The van der Waals surface area contributed by atoms with Gasteiger partial charge in [-0.25, -0.2) is 0 Å². The maximum absolute atomic E-state index is 4.50. The fourth-order valence-corrected chi connectivity index (χ4v) is 4.08. The van der Waals surface area contributed by atoms with Crippen molar-refractivity contribution in [3.63, 3.8) is 0 Å². The zero-order valence-corrected chi connectivity index (χ0v) is 11.7. The molecule has 1 fully saturated rings. The minimum Gasteiger partial charge on any atom is -0.311 e. The molecule has 4 atom stereocenters. The Hall–Kier alpha value is -1.74. The van der Waals surface area contributed by atoms with E-state index in [1.165, 1.54) is 12.8 Å². The van der Waals surface area contributed by atoms with Crippen molar-refractivity contribution in [2.45, 2.75) is 24.8 Å². The third-order valence-electron chi connectivity index (χ3n) is 4.99. The highest BCUT2D eigenvalue weighted by atomic mass is 15.0. The Balaban J connectivity index is 1.66. The standard InChI is InChI=1S/C17H19N3/c1-18-17(14-10-19-8-9-20-14)16-13-7-6-11-4-2-3-5-12(11)15(13)16/h2-5,8-10,13,15-18H,6-7H2,1H3. The topological polar surface area (TPSA) is 37.8 Å². The van der Waals surface area contributed by atoms with Crippen LogP contribution >= 0.6 is 0 Å². The van der Waals surface area contributed by atoms with E-state index in [1.807, 2.05) is 13.2 Å². The Morgan fingerprint density at radius 1 is 1.25 bits per heavy atom. The number of hydrogen-bond donors (Lipinski definition) is 1. The van der Waals surface area contributed by atoms with Crippen LogP contribution in [0.1, 0.15) is 35.2 Å². The van der Waals surface area contributed by atoms with Gasteiger partial charge in [-0.05, 0) is 48.8 Å². The van der Waals surface area contributed by atoms with E-state index in [1.54, 1.807) is 23.5 Å². The van der Waals surface area contributed by atoms with Gasteiger partial charge in [0.1, 0.15) is 0 Å². The molecule has 0 aliphatic heterocycles. The Labute approximate surface area is 119 Å². The predicted molar refractivity (Wildman–Crippen MR) is 78.3 cm³/mol. The van der Waals surface area contributed by atoms with Crippen molar-refractivity contribution < 1.29 is 0 Å². The lowest BCUT2D eigenvalue weighted by molar-refractivity contribution is 0.473. The van der Waals surface area contributed by atoms with Gasteiger partial charge in [0, 0.05) is 18.6 Å². The first-order valence-electron chi connectivity index (χ1n) is 7.41. The molecule has 3 heteroatoms. The third kappa shape index (κ3) is 1.77. The van der Waals surface area contributed by atoms with Crippen molar-refractivity contribution in [2.24, 2.45) is 11.8 Å². The van der Waals surface area contributed by atoms with Crippen molar-refractivity contribution in [3.05, 3.63) is 59.7 Å². The van der Waals surface area contributed by atoms with Gasteiger partial charge < -0.3 is 5.32 Å². The number of hydrogen-bond acceptors (Lipinski definition) is 3. The van der Waals surface area contributed by atoms with Gasteiger partial charge >= 0.3 is 0 Å². The monoisotopic (exact) mass is 265 g/mol. The number of aromatic nitrogens is 2. The van der Waals surface area contributed by atoms with Gasteiger partial charge in [-0.2, -0.15) is 0 Å². The minimum atomic E-state index is 0.324. The molecule has 4 unspecified atom stereocenters. The molecule has 0 bridgehead atoms. The number of fused-ring (bicyclic) bond motifs is 3. The quantitative estimate of drug-likeness (QED) is 0.927. The number of nitrogens with one attached hydrogen (secondary N) is 1. The summed E-state index contributed by atoms with van der Waals surface area (Å²) < 4.78 is 0. The molecule has 4 rings (SSSR count). The van der Waals surface area contributed by atoms with E-state index in [2.05, 4.69) is 39.6 Å². The molecule has 1 N–H and O–H groups in total. The molecule has 1 saturated carbocycles. The average molecular weight is 265 g/mol. The van der Waals surface area contributed by atoms with Gasteiger partial charge in [0.05, 0.1) is 11.7 Å². The zero-order valence-electron chi connectivity index (χ0n) is 11.7. The summed E-state index contributed by atoms with van der Waals surface area (Å²) in [6.45, 7) is 0. The van der Waals surface area contributed by atoms with Crippen molar-refractivity contribution in [1.82, 2.24) is 15.3 Å². The summed E-state index contributed by atoms with van der Waals surface area (Å²) in [5, 5.41) is 3.46. The van der Waals surface area contributed by atoms with Crippen molar-refractivity contribution in [3.8, 4) is 0 Å². The number of benzene rings is 1. The van der Waals surface area contributed by atoms with E-state index in [4.69, 9.17) is 0 Å². The van der Waals surface area contributed by atoms with Crippen molar-refractivity contribution in [2.75, 3.05) is 7.05 Å². The SMILES string of the molecule is CNC(c1cnccn1)C1C2CCc3ccccc3C21. The maximum atomic E-state index is 4.50. The maximum Gasteiger partial charge on any atom is 0.0759 e. The molecule has 3 nitrogen and oxygen atoms in total. The number of nitrogens with zero attached hydrogens (tertiary/aromatic N) is 2. The largest absolute Gasteiger partial charge is 0.311 e.